The van der Waals surface area contributed by atoms with Crippen LogP contribution in [0.2, 0.25) is 0 Å². The number of hydrogen-bond acceptors (Lipinski definition) is 6. The third kappa shape index (κ3) is 7.43. The van der Waals surface area contributed by atoms with Crippen molar-refractivity contribution in [1.82, 2.24) is 15.1 Å². The fourth-order valence-electron chi connectivity index (χ4n) is 5.17. The number of methoxy groups -OCH3 is 2. The van der Waals surface area contributed by atoms with Crippen LogP contribution in [-0.4, -0.2) is 74.7 Å². The normalized spacial score (nSPS) is 16.6. The Kier molecular flexibility index (Phi) is 10.3. The molecular weight excluding hydrogens is 520 g/mol. The Morgan fingerprint density at radius 3 is 2.12 bits per heavy atom. The molecule has 2 atom stereocenters. The Morgan fingerprint density at radius 1 is 0.902 bits per heavy atom. The van der Waals surface area contributed by atoms with Crippen LogP contribution in [0.15, 0.2) is 84.9 Å². The SMILES string of the molecule is COC(=O)[C@@H]1CCN(C(=O)N(c2ccccc2)c2ccccc2)[C@@H](C(=O)NCCN(C)Cc2ccccc2OC)C1. The maximum Gasteiger partial charge on any atom is 0.329 e. The van der Waals surface area contributed by atoms with Gasteiger partial charge in [-0.05, 0) is 50.2 Å². The summed E-state index contributed by atoms with van der Waals surface area (Å²) < 4.78 is 10.4. The molecule has 4 rings (SSSR count). The molecule has 0 unspecified atom stereocenters. The second-order valence-corrected chi connectivity index (χ2v) is 10.1. The number of rotatable bonds is 10. The summed E-state index contributed by atoms with van der Waals surface area (Å²) in [5.41, 5.74) is 2.43. The summed E-state index contributed by atoms with van der Waals surface area (Å²) in [5.74, 6) is -0.307. The molecule has 1 heterocycles. The zero-order valence-electron chi connectivity index (χ0n) is 23.9. The number of anilines is 2. The molecule has 216 valence electrons. The lowest BCUT2D eigenvalue weighted by atomic mass is 9.90. The van der Waals surface area contributed by atoms with Gasteiger partial charge < -0.3 is 24.6 Å². The number of para-hydroxylation sites is 3. The maximum atomic E-state index is 14.1. The minimum Gasteiger partial charge on any atom is -0.496 e. The largest absolute Gasteiger partial charge is 0.496 e. The number of piperidine rings is 1. The van der Waals surface area contributed by atoms with Gasteiger partial charge in [-0.15, -0.1) is 0 Å². The van der Waals surface area contributed by atoms with Gasteiger partial charge in [-0.1, -0.05) is 54.6 Å². The van der Waals surface area contributed by atoms with Gasteiger partial charge in [0.1, 0.15) is 11.8 Å². The molecule has 1 N–H and O–H groups in total. The Labute approximate surface area is 241 Å². The fourth-order valence-corrected chi connectivity index (χ4v) is 5.17. The fraction of sp³-hybridized carbons (Fsp3) is 0.344. The zero-order valence-corrected chi connectivity index (χ0v) is 23.9. The molecule has 9 nitrogen and oxygen atoms in total. The first-order valence-electron chi connectivity index (χ1n) is 13.8. The molecule has 1 aliphatic rings. The summed E-state index contributed by atoms with van der Waals surface area (Å²) >= 11 is 0. The van der Waals surface area contributed by atoms with Crippen LogP contribution in [0.5, 0.6) is 5.75 Å². The van der Waals surface area contributed by atoms with Crippen molar-refractivity contribution in [2.24, 2.45) is 5.92 Å². The number of esters is 1. The van der Waals surface area contributed by atoms with Crippen LogP contribution in [-0.2, 0) is 20.9 Å². The zero-order chi connectivity index (χ0) is 29.2. The summed E-state index contributed by atoms with van der Waals surface area (Å²) in [6.45, 7) is 1.88. The van der Waals surface area contributed by atoms with Crippen molar-refractivity contribution in [3.8, 4) is 5.75 Å². The van der Waals surface area contributed by atoms with Crippen LogP contribution < -0.4 is 15.0 Å². The summed E-state index contributed by atoms with van der Waals surface area (Å²) in [5, 5.41) is 3.00. The highest BCUT2D eigenvalue weighted by molar-refractivity contribution is 6.01. The summed E-state index contributed by atoms with van der Waals surface area (Å²) in [4.78, 5) is 45.4. The molecule has 41 heavy (non-hydrogen) atoms. The number of likely N-dealkylation sites (N-methyl/N-ethyl adjacent to an activating group) is 1. The van der Waals surface area contributed by atoms with Crippen molar-refractivity contribution in [2.75, 3.05) is 45.8 Å². The second kappa shape index (κ2) is 14.3. The number of urea groups is 1. The van der Waals surface area contributed by atoms with Gasteiger partial charge in [0.25, 0.3) is 0 Å². The molecule has 3 aromatic carbocycles. The molecule has 1 fully saturated rings. The number of nitrogens with zero attached hydrogens (tertiary/aromatic N) is 3. The minimum absolute atomic E-state index is 0.193. The monoisotopic (exact) mass is 558 g/mol. The topological polar surface area (TPSA) is 91.4 Å². The van der Waals surface area contributed by atoms with Crippen LogP contribution in [0.3, 0.4) is 0 Å². The molecular formula is C32H38N4O5. The van der Waals surface area contributed by atoms with E-state index in [0.717, 1.165) is 11.3 Å². The van der Waals surface area contributed by atoms with E-state index in [-0.39, 0.29) is 30.9 Å². The number of ether oxygens (including phenoxy) is 2. The Morgan fingerprint density at radius 2 is 1.51 bits per heavy atom. The average molecular weight is 559 g/mol. The molecule has 3 aromatic rings. The Hall–Kier alpha value is -4.37. The van der Waals surface area contributed by atoms with E-state index in [1.807, 2.05) is 92.0 Å². The van der Waals surface area contributed by atoms with E-state index in [9.17, 15) is 14.4 Å². The first kappa shape index (κ1) is 29.6. The van der Waals surface area contributed by atoms with Crippen molar-refractivity contribution < 1.29 is 23.9 Å². The van der Waals surface area contributed by atoms with Crippen molar-refractivity contribution in [2.45, 2.75) is 25.4 Å². The van der Waals surface area contributed by atoms with Crippen LogP contribution >= 0.6 is 0 Å². The number of carbonyl (C=O) groups excluding carboxylic acids is 3. The van der Waals surface area contributed by atoms with Gasteiger partial charge >= 0.3 is 12.0 Å². The molecule has 0 aliphatic carbocycles. The first-order valence-corrected chi connectivity index (χ1v) is 13.8. The molecule has 0 saturated carbocycles. The predicted octanol–water partition coefficient (Wildman–Crippen LogP) is 4.46. The van der Waals surface area contributed by atoms with E-state index in [1.54, 1.807) is 16.9 Å². The van der Waals surface area contributed by atoms with E-state index in [2.05, 4.69) is 10.2 Å². The highest BCUT2D eigenvalue weighted by atomic mass is 16.5. The highest BCUT2D eigenvalue weighted by Crippen LogP contribution is 2.31. The van der Waals surface area contributed by atoms with Gasteiger partial charge in [0, 0.05) is 31.7 Å². The van der Waals surface area contributed by atoms with Crippen LogP contribution in [0.1, 0.15) is 18.4 Å². The van der Waals surface area contributed by atoms with E-state index in [0.29, 0.717) is 37.4 Å². The number of carbonyl (C=O) groups is 3. The van der Waals surface area contributed by atoms with E-state index in [1.165, 1.54) is 7.11 Å². The Balaban J connectivity index is 1.49. The molecule has 0 spiro atoms. The molecule has 3 amide bonds. The maximum absolute atomic E-state index is 14.1. The van der Waals surface area contributed by atoms with E-state index in [4.69, 9.17) is 9.47 Å². The van der Waals surface area contributed by atoms with Crippen molar-refractivity contribution in [3.05, 3.63) is 90.5 Å². The third-order valence-corrected chi connectivity index (χ3v) is 7.33. The van der Waals surface area contributed by atoms with Gasteiger partial charge in [-0.3, -0.25) is 14.5 Å². The lowest BCUT2D eigenvalue weighted by Crippen LogP contribution is -2.57. The quantitative estimate of drug-likeness (QED) is 0.370. The van der Waals surface area contributed by atoms with Crippen molar-refractivity contribution >= 4 is 29.3 Å². The summed E-state index contributed by atoms with van der Waals surface area (Å²) in [6, 6.07) is 25.4. The molecule has 0 radical (unpaired) electrons. The van der Waals surface area contributed by atoms with E-state index >= 15 is 0 Å². The van der Waals surface area contributed by atoms with Crippen LogP contribution in [0, 0.1) is 5.92 Å². The molecule has 1 saturated heterocycles. The summed E-state index contributed by atoms with van der Waals surface area (Å²) in [6.07, 6.45) is 0.611. The number of nitrogens with one attached hydrogen (secondary N) is 1. The van der Waals surface area contributed by atoms with Crippen LogP contribution in [0.4, 0.5) is 16.2 Å². The van der Waals surface area contributed by atoms with Gasteiger partial charge in [-0.2, -0.15) is 0 Å². The smallest absolute Gasteiger partial charge is 0.329 e. The lowest BCUT2D eigenvalue weighted by molar-refractivity contribution is -0.148. The number of likely N-dealkylation sites (tertiary alicyclic amines) is 1. The molecule has 9 heteroatoms. The first-order chi connectivity index (χ1) is 19.9. The molecule has 0 bridgehead atoms. The molecule has 0 aromatic heterocycles. The third-order valence-electron chi connectivity index (χ3n) is 7.33. The van der Waals surface area contributed by atoms with Crippen molar-refractivity contribution in [3.63, 3.8) is 0 Å². The molecule has 1 aliphatic heterocycles. The lowest BCUT2D eigenvalue weighted by Gasteiger charge is -2.40. The van der Waals surface area contributed by atoms with Gasteiger partial charge in [0.05, 0.1) is 31.5 Å². The van der Waals surface area contributed by atoms with Gasteiger partial charge in [-0.25, -0.2) is 4.79 Å². The van der Waals surface area contributed by atoms with Gasteiger partial charge in [0.15, 0.2) is 0 Å². The average Bonchev–Trinajstić information content (AvgIpc) is 3.01. The summed E-state index contributed by atoms with van der Waals surface area (Å²) in [7, 11) is 4.97. The minimum atomic E-state index is -0.824. The predicted molar refractivity (Wildman–Crippen MR) is 158 cm³/mol. The second-order valence-electron chi connectivity index (χ2n) is 10.1. The highest BCUT2D eigenvalue weighted by Gasteiger charge is 2.41. The number of hydrogen-bond donors (Lipinski definition) is 1. The Bertz CT molecular complexity index is 1260. The van der Waals surface area contributed by atoms with Crippen molar-refractivity contribution in [1.29, 1.82) is 0 Å². The number of benzene rings is 3. The van der Waals surface area contributed by atoms with E-state index < -0.39 is 12.0 Å². The number of amides is 3. The van der Waals surface area contributed by atoms with Crippen LogP contribution in [0.25, 0.3) is 0 Å². The van der Waals surface area contributed by atoms with Gasteiger partial charge in [0.2, 0.25) is 5.91 Å². The standard InChI is InChI=1S/C32H38N4O5/c1-34(23-25-12-10-11-17-29(25)40-2)21-19-33-30(37)28-22-24(31(38)41-3)18-20-35(28)32(39)36(26-13-6-4-7-14-26)27-15-8-5-9-16-27/h4-17,24,28H,18-23H2,1-3H3,(H,33,37)/t24-,28-/m1/s1.